The summed E-state index contributed by atoms with van der Waals surface area (Å²) in [5.41, 5.74) is 2.17. The van der Waals surface area contributed by atoms with Gasteiger partial charge < -0.3 is 10.4 Å². The lowest BCUT2D eigenvalue weighted by Crippen LogP contribution is -2.37. The molecule has 0 fully saturated rings. The van der Waals surface area contributed by atoms with Gasteiger partial charge in [-0.05, 0) is 29.9 Å². The molecule has 0 unspecified atom stereocenters. The van der Waals surface area contributed by atoms with E-state index in [0.717, 1.165) is 22.9 Å². The van der Waals surface area contributed by atoms with Crippen molar-refractivity contribution in [3.63, 3.8) is 0 Å². The summed E-state index contributed by atoms with van der Waals surface area (Å²) in [6, 6.07) is 5.38. The molecule has 114 valence electrons. The highest BCUT2D eigenvalue weighted by Crippen LogP contribution is 2.22. The van der Waals surface area contributed by atoms with Gasteiger partial charge in [0.15, 0.2) is 0 Å². The van der Waals surface area contributed by atoms with E-state index in [2.05, 4.69) is 36.3 Å². The average molecular weight is 289 g/mol. The summed E-state index contributed by atoms with van der Waals surface area (Å²) in [6.45, 7) is 6.90. The minimum Gasteiger partial charge on any atom is -0.480 e. The van der Waals surface area contributed by atoms with Gasteiger partial charge in [0.25, 0.3) is 0 Å². The van der Waals surface area contributed by atoms with Crippen LogP contribution in [-0.2, 0) is 11.3 Å². The van der Waals surface area contributed by atoms with E-state index in [-0.39, 0.29) is 5.41 Å². The Bertz CT molecular complexity index is 613. The number of carboxylic acids is 1. The highest BCUT2D eigenvalue weighted by Gasteiger charge is 2.20. The monoisotopic (exact) mass is 289 g/mol. The van der Waals surface area contributed by atoms with Crippen LogP contribution in [0, 0.1) is 5.41 Å². The zero-order valence-electron chi connectivity index (χ0n) is 12.8. The highest BCUT2D eigenvalue weighted by atomic mass is 16.4. The molecule has 2 rings (SSSR count). The number of carboxylic acid groups (broad SMARTS) is 1. The molecule has 1 aromatic carbocycles. The fraction of sp³-hybridized carbons (Fsp3) is 0.500. The number of hydrogen-bond acceptors (Lipinski definition) is 3. The van der Waals surface area contributed by atoms with Crippen molar-refractivity contribution in [3.05, 3.63) is 30.0 Å². The summed E-state index contributed by atoms with van der Waals surface area (Å²) >= 11 is 0. The molecule has 2 aromatic rings. The second kappa shape index (κ2) is 6.26. The van der Waals surface area contributed by atoms with Crippen LogP contribution in [0.15, 0.2) is 24.4 Å². The van der Waals surface area contributed by atoms with Crippen LogP contribution in [0.5, 0.6) is 0 Å². The maximum atomic E-state index is 11.4. The average Bonchev–Trinajstić information content (AvgIpc) is 2.85. The molecular weight excluding hydrogens is 266 g/mol. The third kappa shape index (κ3) is 4.29. The van der Waals surface area contributed by atoms with E-state index in [1.165, 1.54) is 0 Å². The Hall–Kier alpha value is -1.88. The molecule has 5 heteroatoms. The third-order valence-electron chi connectivity index (χ3n) is 3.60. The van der Waals surface area contributed by atoms with Gasteiger partial charge in [0, 0.05) is 11.9 Å². The topological polar surface area (TPSA) is 78.0 Å². The van der Waals surface area contributed by atoms with Crippen LogP contribution in [0.4, 0.5) is 0 Å². The van der Waals surface area contributed by atoms with Gasteiger partial charge >= 0.3 is 5.97 Å². The van der Waals surface area contributed by atoms with Gasteiger partial charge in [0.2, 0.25) is 0 Å². The SMILES string of the molecule is CC(C)(C)CC[C@H](NCc1cccc2[nH]ncc12)C(=O)O. The molecule has 0 bridgehead atoms. The zero-order valence-corrected chi connectivity index (χ0v) is 12.8. The number of rotatable bonds is 6. The number of nitrogens with one attached hydrogen (secondary N) is 2. The number of aromatic nitrogens is 2. The molecule has 0 amide bonds. The first kappa shape index (κ1) is 15.5. The Kier molecular flexibility index (Phi) is 4.63. The molecule has 3 N–H and O–H groups in total. The molecule has 0 aliphatic rings. The maximum absolute atomic E-state index is 11.4. The van der Waals surface area contributed by atoms with E-state index in [1.807, 2.05) is 18.2 Å². The van der Waals surface area contributed by atoms with Gasteiger partial charge in [-0.3, -0.25) is 9.89 Å². The first-order chi connectivity index (χ1) is 9.87. The van der Waals surface area contributed by atoms with Gasteiger partial charge in [-0.25, -0.2) is 0 Å². The van der Waals surface area contributed by atoms with Gasteiger partial charge in [-0.1, -0.05) is 32.9 Å². The fourth-order valence-corrected chi connectivity index (χ4v) is 2.31. The molecule has 1 aromatic heterocycles. The van der Waals surface area contributed by atoms with Crippen molar-refractivity contribution in [2.45, 2.75) is 46.2 Å². The molecule has 0 aliphatic carbocycles. The lowest BCUT2D eigenvalue weighted by atomic mass is 9.88. The zero-order chi connectivity index (χ0) is 15.5. The van der Waals surface area contributed by atoms with Gasteiger partial charge in [-0.15, -0.1) is 0 Å². The van der Waals surface area contributed by atoms with Crippen molar-refractivity contribution in [3.8, 4) is 0 Å². The number of nitrogens with zero attached hydrogens (tertiary/aromatic N) is 1. The minimum atomic E-state index is -0.793. The quantitative estimate of drug-likeness (QED) is 0.764. The number of fused-ring (bicyclic) bond motifs is 1. The van der Waals surface area contributed by atoms with Crippen molar-refractivity contribution < 1.29 is 9.90 Å². The summed E-state index contributed by atoms with van der Waals surface area (Å²) in [5, 5.41) is 20.5. The third-order valence-corrected chi connectivity index (χ3v) is 3.60. The maximum Gasteiger partial charge on any atom is 0.320 e. The van der Waals surface area contributed by atoms with Gasteiger partial charge in [-0.2, -0.15) is 5.10 Å². The van der Waals surface area contributed by atoms with E-state index >= 15 is 0 Å². The molecule has 0 aliphatic heterocycles. The normalized spacial score (nSPS) is 13.5. The predicted molar refractivity (Wildman–Crippen MR) is 83.0 cm³/mol. The largest absolute Gasteiger partial charge is 0.480 e. The van der Waals surface area contributed by atoms with Crippen molar-refractivity contribution in [1.82, 2.24) is 15.5 Å². The Morgan fingerprint density at radius 2 is 2.19 bits per heavy atom. The summed E-state index contributed by atoms with van der Waals surface area (Å²) < 4.78 is 0. The molecule has 0 spiro atoms. The van der Waals surface area contributed by atoms with Crippen LogP contribution < -0.4 is 5.32 Å². The van der Waals surface area contributed by atoms with Crippen molar-refractivity contribution in [1.29, 1.82) is 0 Å². The van der Waals surface area contributed by atoms with Crippen LogP contribution in [0.1, 0.15) is 39.2 Å². The van der Waals surface area contributed by atoms with E-state index in [0.29, 0.717) is 13.0 Å². The second-order valence-corrected chi connectivity index (χ2v) is 6.62. The van der Waals surface area contributed by atoms with E-state index in [9.17, 15) is 9.90 Å². The van der Waals surface area contributed by atoms with E-state index in [1.54, 1.807) is 6.20 Å². The van der Waals surface area contributed by atoms with Crippen LogP contribution >= 0.6 is 0 Å². The number of aromatic amines is 1. The predicted octanol–water partition coefficient (Wildman–Crippen LogP) is 2.93. The fourth-order valence-electron chi connectivity index (χ4n) is 2.31. The Morgan fingerprint density at radius 1 is 1.43 bits per heavy atom. The second-order valence-electron chi connectivity index (χ2n) is 6.62. The molecule has 1 heterocycles. The molecule has 0 saturated carbocycles. The smallest absolute Gasteiger partial charge is 0.320 e. The standard InChI is InChI=1S/C16H23N3O2/c1-16(2,3)8-7-14(15(20)21)17-9-11-5-4-6-13-12(11)10-18-19-13/h4-6,10,14,17H,7-9H2,1-3H3,(H,18,19)(H,20,21)/t14-/m0/s1. The Balaban J connectivity index is 2.01. The molecule has 5 nitrogen and oxygen atoms in total. The first-order valence-electron chi connectivity index (χ1n) is 7.24. The van der Waals surface area contributed by atoms with Crippen LogP contribution in [0.2, 0.25) is 0 Å². The van der Waals surface area contributed by atoms with E-state index in [4.69, 9.17) is 0 Å². The Morgan fingerprint density at radius 3 is 2.86 bits per heavy atom. The van der Waals surface area contributed by atoms with Crippen molar-refractivity contribution in [2.24, 2.45) is 5.41 Å². The summed E-state index contributed by atoms with van der Waals surface area (Å²) in [7, 11) is 0. The van der Waals surface area contributed by atoms with Crippen LogP contribution in [0.25, 0.3) is 10.9 Å². The number of carbonyl (C=O) groups is 1. The summed E-state index contributed by atoms with van der Waals surface area (Å²) in [6.07, 6.45) is 3.27. The Labute approximate surface area is 124 Å². The lowest BCUT2D eigenvalue weighted by molar-refractivity contribution is -0.139. The molecule has 0 radical (unpaired) electrons. The van der Waals surface area contributed by atoms with Crippen molar-refractivity contribution in [2.75, 3.05) is 0 Å². The lowest BCUT2D eigenvalue weighted by Gasteiger charge is -2.21. The number of aliphatic carboxylic acids is 1. The molecule has 0 saturated heterocycles. The van der Waals surface area contributed by atoms with Crippen LogP contribution in [0.3, 0.4) is 0 Å². The molecular formula is C16H23N3O2. The summed E-state index contributed by atoms with van der Waals surface area (Å²) in [5.74, 6) is -0.793. The number of benzene rings is 1. The summed E-state index contributed by atoms with van der Waals surface area (Å²) in [4.78, 5) is 11.4. The van der Waals surface area contributed by atoms with Crippen molar-refractivity contribution >= 4 is 16.9 Å². The molecule has 1 atom stereocenters. The van der Waals surface area contributed by atoms with E-state index < -0.39 is 12.0 Å². The molecule has 21 heavy (non-hydrogen) atoms. The van der Waals surface area contributed by atoms with Gasteiger partial charge in [0.1, 0.15) is 6.04 Å². The first-order valence-corrected chi connectivity index (χ1v) is 7.24. The van der Waals surface area contributed by atoms with Gasteiger partial charge in [0.05, 0.1) is 11.7 Å². The highest BCUT2D eigenvalue weighted by molar-refractivity contribution is 5.81. The van der Waals surface area contributed by atoms with Crippen LogP contribution in [-0.4, -0.2) is 27.3 Å². The number of hydrogen-bond donors (Lipinski definition) is 3. The minimum absolute atomic E-state index is 0.139. The number of H-pyrrole nitrogens is 1.